The lowest BCUT2D eigenvalue weighted by Gasteiger charge is -2.20. The SMILES string of the molecule is COc1ccc(OC)c(N2C[C@@H](C(=O)NC[C@@H]3CCOC3)CC2=O)c1. The molecule has 2 aliphatic rings. The Morgan fingerprint density at radius 2 is 2.20 bits per heavy atom. The maximum atomic E-state index is 12.4. The van der Waals surface area contributed by atoms with Gasteiger partial charge in [0.2, 0.25) is 11.8 Å². The van der Waals surface area contributed by atoms with Gasteiger partial charge in [0.05, 0.1) is 32.4 Å². The minimum Gasteiger partial charge on any atom is -0.497 e. The predicted octanol–water partition coefficient (Wildman–Crippen LogP) is 1.21. The number of ether oxygens (including phenoxy) is 3. The Hall–Kier alpha value is -2.28. The van der Waals surface area contributed by atoms with Crippen molar-refractivity contribution in [3.63, 3.8) is 0 Å². The van der Waals surface area contributed by atoms with Crippen molar-refractivity contribution in [2.45, 2.75) is 12.8 Å². The van der Waals surface area contributed by atoms with Crippen molar-refractivity contribution < 1.29 is 23.8 Å². The van der Waals surface area contributed by atoms with E-state index in [0.29, 0.717) is 42.8 Å². The molecule has 2 amide bonds. The second kappa shape index (κ2) is 7.74. The molecule has 2 atom stereocenters. The molecule has 7 nitrogen and oxygen atoms in total. The molecule has 0 aromatic heterocycles. The lowest BCUT2D eigenvalue weighted by Crippen LogP contribution is -2.36. The van der Waals surface area contributed by atoms with Gasteiger partial charge in [0.25, 0.3) is 0 Å². The van der Waals surface area contributed by atoms with E-state index in [9.17, 15) is 9.59 Å². The molecule has 1 N–H and O–H groups in total. The fraction of sp³-hybridized carbons (Fsp3) is 0.556. The van der Waals surface area contributed by atoms with Gasteiger partial charge >= 0.3 is 0 Å². The largest absolute Gasteiger partial charge is 0.497 e. The van der Waals surface area contributed by atoms with Crippen molar-refractivity contribution in [1.82, 2.24) is 5.32 Å². The number of nitrogens with one attached hydrogen (secondary N) is 1. The van der Waals surface area contributed by atoms with Gasteiger partial charge in [-0.1, -0.05) is 0 Å². The van der Waals surface area contributed by atoms with E-state index in [1.165, 1.54) is 0 Å². The van der Waals surface area contributed by atoms with Gasteiger partial charge in [-0.3, -0.25) is 9.59 Å². The summed E-state index contributed by atoms with van der Waals surface area (Å²) in [5.74, 6) is 1.07. The van der Waals surface area contributed by atoms with E-state index in [1.54, 1.807) is 37.3 Å². The molecule has 0 radical (unpaired) electrons. The summed E-state index contributed by atoms with van der Waals surface area (Å²) in [6.45, 7) is 2.39. The van der Waals surface area contributed by atoms with E-state index in [2.05, 4.69) is 5.32 Å². The third kappa shape index (κ3) is 3.87. The van der Waals surface area contributed by atoms with E-state index in [0.717, 1.165) is 13.0 Å². The van der Waals surface area contributed by atoms with E-state index >= 15 is 0 Å². The number of rotatable bonds is 6. The van der Waals surface area contributed by atoms with Crippen molar-refractivity contribution in [2.75, 3.05) is 45.4 Å². The Bertz CT molecular complexity index is 642. The van der Waals surface area contributed by atoms with Crippen LogP contribution in [0.2, 0.25) is 0 Å². The molecular formula is C18H24N2O5. The Morgan fingerprint density at radius 1 is 1.36 bits per heavy atom. The van der Waals surface area contributed by atoms with E-state index in [-0.39, 0.29) is 24.2 Å². The summed E-state index contributed by atoms with van der Waals surface area (Å²) < 4.78 is 15.9. The molecule has 0 unspecified atom stereocenters. The van der Waals surface area contributed by atoms with Crippen LogP contribution < -0.4 is 19.7 Å². The number of amides is 2. The molecule has 2 aliphatic heterocycles. The summed E-state index contributed by atoms with van der Waals surface area (Å²) in [6.07, 6.45) is 1.17. The van der Waals surface area contributed by atoms with Crippen LogP contribution in [-0.4, -0.2) is 52.3 Å². The molecule has 2 fully saturated rings. The molecular weight excluding hydrogens is 324 g/mol. The number of nitrogens with zero attached hydrogens (tertiary/aromatic N) is 1. The number of carbonyl (C=O) groups excluding carboxylic acids is 2. The summed E-state index contributed by atoms with van der Waals surface area (Å²) >= 11 is 0. The van der Waals surface area contributed by atoms with E-state index in [1.807, 2.05) is 0 Å². The van der Waals surface area contributed by atoms with Gasteiger partial charge in [0.15, 0.2) is 0 Å². The number of hydrogen-bond donors (Lipinski definition) is 1. The Labute approximate surface area is 147 Å². The van der Waals surface area contributed by atoms with Crippen LogP contribution in [-0.2, 0) is 14.3 Å². The molecule has 2 heterocycles. The Balaban J connectivity index is 1.66. The predicted molar refractivity (Wildman–Crippen MR) is 91.9 cm³/mol. The van der Waals surface area contributed by atoms with Gasteiger partial charge in [0, 0.05) is 38.1 Å². The van der Waals surface area contributed by atoms with Crippen LogP contribution in [0.4, 0.5) is 5.69 Å². The minimum absolute atomic E-state index is 0.0791. The second-order valence-electron chi connectivity index (χ2n) is 6.42. The zero-order valence-electron chi connectivity index (χ0n) is 14.6. The van der Waals surface area contributed by atoms with Crippen molar-refractivity contribution >= 4 is 17.5 Å². The van der Waals surface area contributed by atoms with Gasteiger partial charge in [-0.05, 0) is 18.6 Å². The summed E-state index contributed by atoms with van der Waals surface area (Å²) in [7, 11) is 3.13. The highest BCUT2D eigenvalue weighted by Gasteiger charge is 2.36. The van der Waals surface area contributed by atoms with Gasteiger partial charge in [-0.2, -0.15) is 0 Å². The lowest BCUT2D eigenvalue weighted by molar-refractivity contribution is -0.126. The van der Waals surface area contributed by atoms with Crippen LogP contribution in [0.25, 0.3) is 0 Å². The highest BCUT2D eigenvalue weighted by atomic mass is 16.5. The first-order valence-electron chi connectivity index (χ1n) is 8.50. The molecule has 3 rings (SSSR count). The fourth-order valence-electron chi connectivity index (χ4n) is 3.26. The quantitative estimate of drug-likeness (QED) is 0.836. The smallest absolute Gasteiger partial charge is 0.227 e. The molecule has 136 valence electrons. The van der Waals surface area contributed by atoms with Crippen LogP contribution in [0.1, 0.15) is 12.8 Å². The zero-order chi connectivity index (χ0) is 17.8. The normalized spacial score (nSPS) is 23.0. The van der Waals surface area contributed by atoms with Crippen molar-refractivity contribution in [3.8, 4) is 11.5 Å². The van der Waals surface area contributed by atoms with Gasteiger partial charge in [0.1, 0.15) is 11.5 Å². The molecule has 0 spiro atoms. The topological polar surface area (TPSA) is 77.1 Å². The third-order valence-electron chi connectivity index (χ3n) is 4.76. The molecule has 2 saturated heterocycles. The van der Waals surface area contributed by atoms with E-state index in [4.69, 9.17) is 14.2 Å². The number of hydrogen-bond acceptors (Lipinski definition) is 5. The minimum atomic E-state index is -0.356. The maximum Gasteiger partial charge on any atom is 0.227 e. The monoisotopic (exact) mass is 348 g/mol. The van der Waals surface area contributed by atoms with Crippen LogP contribution in [0.3, 0.4) is 0 Å². The average molecular weight is 348 g/mol. The maximum absolute atomic E-state index is 12.4. The number of methoxy groups -OCH3 is 2. The fourth-order valence-corrected chi connectivity index (χ4v) is 3.26. The lowest BCUT2D eigenvalue weighted by atomic mass is 10.1. The summed E-state index contributed by atoms with van der Waals surface area (Å²) in [6, 6.07) is 5.29. The standard InChI is InChI=1S/C18H24N2O5/c1-23-14-3-4-16(24-2)15(8-14)20-10-13(7-17(20)21)18(22)19-9-12-5-6-25-11-12/h3-4,8,12-13H,5-7,9-11H2,1-2H3,(H,19,22)/t12-,13-/m0/s1. The molecule has 1 aromatic rings. The number of carbonyl (C=O) groups is 2. The summed E-state index contributed by atoms with van der Waals surface area (Å²) in [5, 5.41) is 2.96. The van der Waals surface area contributed by atoms with Crippen molar-refractivity contribution in [3.05, 3.63) is 18.2 Å². The highest BCUT2D eigenvalue weighted by Crippen LogP contribution is 2.36. The molecule has 0 bridgehead atoms. The molecule has 0 saturated carbocycles. The first-order valence-corrected chi connectivity index (χ1v) is 8.50. The molecule has 1 aromatic carbocycles. The van der Waals surface area contributed by atoms with Crippen LogP contribution in [0.15, 0.2) is 18.2 Å². The molecule has 7 heteroatoms. The molecule has 25 heavy (non-hydrogen) atoms. The first kappa shape index (κ1) is 17.5. The van der Waals surface area contributed by atoms with Crippen LogP contribution in [0.5, 0.6) is 11.5 Å². The number of benzene rings is 1. The van der Waals surface area contributed by atoms with E-state index < -0.39 is 0 Å². The Morgan fingerprint density at radius 3 is 2.88 bits per heavy atom. The van der Waals surface area contributed by atoms with Gasteiger partial charge in [-0.25, -0.2) is 0 Å². The summed E-state index contributed by atoms with van der Waals surface area (Å²) in [4.78, 5) is 26.5. The third-order valence-corrected chi connectivity index (χ3v) is 4.76. The van der Waals surface area contributed by atoms with Crippen molar-refractivity contribution in [1.29, 1.82) is 0 Å². The molecule has 0 aliphatic carbocycles. The second-order valence-corrected chi connectivity index (χ2v) is 6.42. The Kier molecular flexibility index (Phi) is 5.43. The van der Waals surface area contributed by atoms with Gasteiger partial charge in [-0.15, -0.1) is 0 Å². The average Bonchev–Trinajstić information content (AvgIpc) is 3.28. The van der Waals surface area contributed by atoms with Crippen molar-refractivity contribution in [2.24, 2.45) is 11.8 Å². The highest BCUT2D eigenvalue weighted by molar-refractivity contribution is 6.01. The van der Waals surface area contributed by atoms with Crippen LogP contribution in [0, 0.1) is 11.8 Å². The number of anilines is 1. The zero-order valence-corrected chi connectivity index (χ0v) is 14.6. The first-order chi connectivity index (χ1) is 12.1. The van der Waals surface area contributed by atoms with Crippen LogP contribution >= 0.6 is 0 Å². The summed E-state index contributed by atoms with van der Waals surface area (Å²) in [5.41, 5.74) is 0.631. The van der Waals surface area contributed by atoms with Gasteiger partial charge < -0.3 is 24.4 Å².